The first-order chi connectivity index (χ1) is 14.5. The van der Waals surface area contributed by atoms with Crippen LogP contribution < -0.4 is 10.1 Å². The topological polar surface area (TPSA) is 101 Å². The monoisotopic (exact) mass is 421 g/mol. The molecule has 8 heteroatoms. The van der Waals surface area contributed by atoms with Crippen molar-refractivity contribution in [3.05, 3.63) is 59.7 Å². The number of hydrogen-bond donors (Lipinski definition) is 1. The van der Waals surface area contributed by atoms with E-state index in [-0.39, 0.29) is 11.7 Å². The Balaban J connectivity index is 1.67. The molecule has 1 aromatic heterocycles. The number of ether oxygens (including phenoxy) is 2. The molecule has 0 saturated heterocycles. The Hall–Kier alpha value is -3.57. The van der Waals surface area contributed by atoms with Gasteiger partial charge in [0.25, 0.3) is 0 Å². The number of methoxy groups -OCH3 is 1. The Morgan fingerprint density at radius 2 is 1.93 bits per heavy atom. The predicted octanol–water partition coefficient (Wildman–Crippen LogP) is 4.02. The summed E-state index contributed by atoms with van der Waals surface area (Å²) in [7, 11) is 1.57. The van der Waals surface area contributed by atoms with Crippen LogP contribution in [0, 0.1) is 11.3 Å². The van der Waals surface area contributed by atoms with Gasteiger partial charge in [-0.1, -0.05) is 11.8 Å². The summed E-state index contributed by atoms with van der Waals surface area (Å²) in [6.45, 7) is 2.04. The van der Waals surface area contributed by atoms with Gasteiger partial charge in [0.2, 0.25) is 5.91 Å². The van der Waals surface area contributed by atoms with Crippen molar-refractivity contribution >= 4 is 40.2 Å². The molecule has 0 aliphatic heterocycles. The standard InChI is InChI=1S/C22H19N3O4S/c1-3-29-22(27)14-4-7-17(8-5-14)24-20(26)13-30-21-16(12-23)10-15-6-9-18(28-2)11-19(15)25-21/h4-11H,3,13H2,1-2H3,(H,24,26). The fraction of sp³-hybridized carbons (Fsp3) is 0.182. The maximum Gasteiger partial charge on any atom is 0.338 e. The molecule has 0 spiro atoms. The Bertz CT molecular complexity index is 1120. The van der Waals surface area contributed by atoms with Crippen LogP contribution in [0.4, 0.5) is 5.69 Å². The van der Waals surface area contributed by atoms with E-state index in [9.17, 15) is 14.9 Å². The third-order valence-corrected chi connectivity index (χ3v) is 5.12. The highest BCUT2D eigenvalue weighted by atomic mass is 32.2. The zero-order valence-corrected chi connectivity index (χ0v) is 17.3. The minimum Gasteiger partial charge on any atom is -0.497 e. The van der Waals surface area contributed by atoms with E-state index >= 15 is 0 Å². The molecule has 152 valence electrons. The van der Waals surface area contributed by atoms with Crippen molar-refractivity contribution in [2.24, 2.45) is 0 Å². The van der Waals surface area contributed by atoms with Crippen molar-refractivity contribution < 1.29 is 19.1 Å². The van der Waals surface area contributed by atoms with Crippen LogP contribution in [0.1, 0.15) is 22.8 Å². The van der Waals surface area contributed by atoms with Gasteiger partial charge in [-0.15, -0.1) is 0 Å². The number of rotatable bonds is 7. The minimum absolute atomic E-state index is 0.0801. The Labute approximate surface area is 178 Å². The van der Waals surface area contributed by atoms with Crippen molar-refractivity contribution in [3.63, 3.8) is 0 Å². The number of esters is 1. The molecule has 0 saturated carbocycles. The lowest BCUT2D eigenvalue weighted by atomic mass is 10.1. The van der Waals surface area contributed by atoms with E-state index < -0.39 is 5.97 Å². The summed E-state index contributed by atoms with van der Waals surface area (Å²) in [5, 5.41) is 13.5. The number of nitrogens with one attached hydrogen (secondary N) is 1. The molecule has 0 radical (unpaired) electrons. The molecule has 1 heterocycles. The molecular formula is C22H19N3O4S. The van der Waals surface area contributed by atoms with E-state index in [0.29, 0.717) is 39.7 Å². The second-order valence-corrected chi connectivity index (χ2v) is 7.11. The Morgan fingerprint density at radius 3 is 2.60 bits per heavy atom. The van der Waals surface area contributed by atoms with Gasteiger partial charge in [0.1, 0.15) is 16.8 Å². The number of anilines is 1. The molecular weight excluding hydrogens is 402 g/mol. The summed E-state index contributed by atoms with van der Waals surface area (Å²) in [5.74, 6) is 0.0884. The van der Waals surface area contributed by atoms with Gasteiger partial charge >= 0.3 is 5.97 Å². The van der Waals surface area contributed by atoms with Gasteiger partial charge in [0.15, 0.2) is 0 Å². The first-order valence-corrected chi connectivity index (χ1v) is 10.1. The van der Waals surface area contributed by atoms with Crippen LogP contribution in [0.5, 0.6) is 5.75 Å². The largest absolute Gasteiger partial charge is 0.497 e. The van der Waals surface area contributed by atoms with Crippen LogP contribution in [0.15, 0.2) is 53.6 Å². The summed E-state index contributed by atoms with van der Waals surface area (Å²) >= 11 is 1.18. The molecule has 0 fully saturated rings. The fourth-order valence-electron chi connectivity index (χ4n) is 2.68. The fourth-order valence-corrected chi connectivity index (χ4v) is 3.44. The lowest BCUT2D eigenvalue weighted by Gasteiger charge is -2.08. The summed E-state index contributed by atoms with van der Waals surface area (Å²) in [6.07, 6.45) is 0. The van der Waals surface area contributed by atoms with Gasteiger partial charge in [0.05, 0.1) is 36.1 Å². The summed E-state index contributed by atoms with van der Waals surface area (Å²) in [5.41, 5.74) is 2.07. The van der Waals surface area contributed by atoms with Gasteiger partial charge in [0, 0.05) is 17.1 Å². The van der Waals surface area contributed by atoms with Crippen molar-refractivity contribution in [2.75, 3.05) is 24.8 Å². The molecule has 1 N–H and O–H groups in total. The normalized spacial score (nSPS) is 10.3. The van der Waals surface area contributed by atoms with Crippen molar-refractivity contribution in [1.29, 1.82) is 5.26 Å². The second kappa shape index (κ2) is 9.76. The molecule has 1 amide bonds. The van der Waals surface area contributed by atoms with Gasteiger partial charge < -0.3 is 14.8 Å². The maximum absolute atomic E-state index is 12.3. The quantitative estimate of drug-likeness (QED) is 0.454. The molecule has 2 aromatic carbocycles. The Kier molecular flexibility index (Phi) is 6.88. The van der Waals surface area contributed by atoms with E-state index in [1.807, 2.05) is 6.07 Å². The van der Waals surface area contributed by atoms with Crippen LogP contribution in [0.2, 0.25) is 0 Å². The summed E-state index contributed by atoms with van der Waals surface area (Å²) < 4.78 is 10.1. The number of thioether (sulfide) groups is 1. The number of carbonyl (C=O) groups excluding carboxylic acids is 2. The number of fused-ring (bicyclic) bond motifs is 1. The number of pyridine rings is 1. The number of hydrogen-bond acceptors (Lipinski definition) is 7. The first kappa shape index (κ1) is 21.1. The summed E-state index contributed by atoms with van der Waals surface area (Å²) in [6, 6.07) is 15.7. The number of carbonyl (C=O) groups is 2. The first-order valence-electron chi connectivity index (χ1n) is 9.12. The van der Waals surface area contributed by atoms with Crippen LogP contribution in [0.3, 0.4) is 0 Å². The molecule has 0 aliphatic carbocycles. The predicted molar refractivity (Wildman–Crippen MR) is 115 cm³/mol. The number of nitriles is 1. The third-order valence-electron chi connectivity index (χ3n) is 4.13. The third kappa shape index (κ3) is 5.07. The average Bonchev–Trinajstić information content (AvgIpc) is 2.77. The molecule has 7 nitrogen and oxygen atoms in total. The summed E-state index contributed by atoms with van der Waals surface area (Å²) in [4.78, 5) is 28.5. The van der Waals surface area contributed by atoms with Crippen LogP contribution in [-0.4, -0.2) is 36.3 Å². The van der Waals surface area contributed by atoms with Gasteiger partial charge in [-0.05, 0) is 49.4 Å². The smallest absolute Gasteiger partial charge is 0.338 e. The highest BCUT2D eigenvalue weighted by Crippen LogP contribution is 2.27. The molecule has 0 bridgehead atoms. The zero-order chi connectivity index (χ0) is 21.5. The number of benzene rings is 2. The molecule has 0 atom stereocenters. The van der Waals surface area contributed by atoms with E-state index in [0.717, 1.165) is 5.39 Å². The van der Waals surface area contributed by atoms with E-state index in [1.165, 1.54) is 11.8 Å². The van der Waals surface area contributed by atoms with E-state index in [1.54, 1.807) is 56.5 Å². The molecule has 30 heavy (non-hydrogen) atoms. The molecule has 0 unspecified atom stereocenters. The van der Waals surface area contributed by atoms with Gasteiger partial charge in [-0.3, -0.25) is 4.79 Å². The molecule has 3 aromatic rings. The maximum atomic E-state index is 12.3. The SMILES string of the molecule is CCOC(=O)c1ccc(NC(=O)CSc2nc3cc(OC)ccc3cc2C#N)cc1. The minimum atomic E-state index is -0.408. The highest BCUT2D eigenvalue weighted by molar-refractivity contribution is 8.00. The number of nitrogens with zero attached hydrogens (tertiary/aromatic N) is 2. The van der Waals surface area contributed by atoms with E-state index in [4.69, 9.17) is 9.47 Å². The average molecular weight is 421 g/mol. The highest BCUT2D eigenvalue weighted by Gasteiger charge is 2.12. The van der Waals surface area contributed by atoms with Crippen LogP contribution in [0.25, 0.3) is 10.9 Å². The molecule has 0 aliphatic rings. The number of aromatic nitrogens is 1. The van der Waals surface area contributed by atoms with Crippen LogP contribution >= 0.6 is 11.8 Å². The van der Waals surface area contributed by atoms with Gasteiger partial charge in [-0.2, -0.15) is 5.26 Å². The van der Waals surface area contributed by atoms with Crippen molar-refractivity contribution in [2.45, 2.75) is 11.9 Å². The van der Waals surface area contributed by atoms with E-state index in [2.05, 4.69) is 16.4 Å². The van der Waals surface area contributed by atoms with Gasteiger partial charge in [-0.25, -0.2) is 9.78 Å². The van der Waals surface area contributed by atoms with Crippen molar-refractivity contribution in [3.8, 4) is 11.8 Å². The second-order valence-electron chi connectivity index (χ2n) is 6.15. The Morgan fingerprint density at radius 1 is 1.17 bits per heavy atom. The zero-order valence-electron chi connectivity index (χ0n) is 16.5. The van der Waals surface area contributed by atoms with Crippen LogP contribution in [-0.2, 0) is 9.53 Å². The lowest BCUT2D eigenvalue weighted by Crippen LogP contribution is -2.14. The number of amides is 1. The lowest BCUT2D eigenvalue weighted by molar-refractivity contribution is -0.113. The van der Waals surface area contributed by atoms with Crippen molar-refractivity contribution in [1.82, 2.24) is 4.98 Å². The molecule has 3 rings (SSSR count).